The molecule has 1 aromatic heterocycles. The van der Waals surface area contributed by atoms with Crippen LogP contribution in [0.25, 0.3) is 0 Å². The second-order valence-electron chi connectivity index (χ2n) is 6.24. The lowest BCUT2D eigenvalue weighted by molar-refractivity contribution is 0.106. The van der Waals surface area contributed by atoms with E-state index in [4.69, 9.17) is 4.42 Å². The molecule has 0 amide bonds. The molecule has 1 aliphatic rings. The Labute approximate surface area is 117 Å². The fourth-order valence-corrected chi connectivity index (χ4v) is 2.82. The number of nitrogens with one attached hydrogen (secondary N) is 1. The normalized spacial score (nSPS) is 25.1. The molecule has 3 nitrogen and oxygen atoms in total. The SMILES string of the molecule is CC(C)NCc1occc1CN1CCCC(C)C1C. The van der Waals surface area contributed by atoms with Gasteiger partial charge in [-0.1, -0.05) is 20.8 Å². The summed E-state index contributed by atoms with van der Waals surface area (Å²) in [6, 6.07) is 3.30. The minimum atomic E-state index is 0.492. The predicted molar refractivity (Wildman–Crippen MR) is 79.0 cm³/mol. The molecular formula is C16H28N2O. The first-order valence-electron chi connectivity index (χ1n) is 7.60. The molecule has 2 rings (SSSR count). The van der Waals surface area contributed by atoms with Crippen LogP contribution in [0.4, 0.5) is 0 Å². The summed E-state index contributed by atoms with van der Waals surface area (Å²) in [5.74, 6) is 1.90. The van der Waals surface area contributed by atoms with Gasteiger partial charge < -0.3 is 9.73 Å². The number of hydrogen-bond acceptors (Lipinski definition) is 3. The summed E-state index contributed by atoms with van der Waals surface area (Å²) in [6.07, 6.45) is 4.51. The molecule has 0 saturated carbocycles. The summed E-state index contributed by atoms with van der Waals surface area (Å²) in [4.78, 5) is 2.60. The third-order valence-corrected chi connectivity index (χ3v) is 4.39. The summed E-state index contributed by atoms with van der Waals surface area (Å²) in [5, 5.41) is 3.43. The van der Waals surface area contributed by atoms with Crippen LogP contribution < -0.4 is 5.32 Å². The Morgan fingerprint density at radius 2 is 2.21 bits per heavy atom. The maximum absolute atomic E-state index is 5.63. The fourth-order valence-electron chi connectivity index (χ4n) is 2.82. The van der Waals surface area contributed by atoms with E-state index in [0.29, 0.717) is 12.1 Å². The molecule has 2 unspecified atom stereocenters. The summed E-state index contributed by atoms with van der Waals surface area (Å²) in [6.45, 7) is 12.1. The topological polar surface area (TPSA) is 28.4 Å². The van der Waals surface area contributed by atoms with Crippen molar-refractivity contribution in [2.45, 2.75) is 65.7 Å². The van der Waals surface area contributed by atoms with Crippen LogP contribution in [0.3, 0.4) is 0 Å². The molecule has 3 heteroatoms. The molecular weight excluding hydrogens is 236 g/mol. The van der Waals surface area contributed by atoms with Crippen LogP contribution in [0.2, 0.25) is 0 Å². The van der Waals surface area contributed by atoms with Crippen molar-refractivity contribution >= 4 is 0 Å². The van der Waals surface area contributed by atoms with Crippen LogP contribution in [0, 0.1) is 5.92 Å². The zero-order valence-corrected chi connectivity index (χ0v) is 12.8. The highest BCUT2D eigenvalue weighted by Crippen LogP contribution is 2.25. The van der Waals surface area contributed by atoms with Crippen molar-refractivity contribution in [2.75, 3.05) is 6.54 Å². The van der Waals surface area contributed by atoms with Gasteiger partial charge in [-0.25, -0.2) is 0 Å². The molecule has 108 valence electrons. The van der Waals surface area contributed by atoms with Gasteiger partial charge in [0.05, 0.1) is 12.8 Å². The number of likely N-dealkylation sites (tertiary alicyclic amines) is 1. The Kier molecular flexibility index (Phi) is 5.06. The number of nitrogens with zero attached hydrogens (tertiary/aromatic N) is 1. The molecule has 2 atom stereocenters. The molecule has 0 aliphatic carbocycles. The standard InChI is InChI=1S/C16H28N2O/c1-12(2)17-10-16-15(7-9-19-16)11-18-8-5-6-13(3)14(18)4/h7,9,12-14,17H,5-6,8,10-11H2,1-4H3. The van der Waals surface area contributed by atoms with Gasteiger partial charge >= 0.3 is 0 Å². The van der Waals surface area contributed by atoms with Crippen LogP contribution in [0.15, 0.2) is 16.7 Å². The minimum absolute atomic E-state index is 0.492. The first-order valence-corrected chi connectivity index (χ1v) is 7.60. The fraction of sp³-hybridized carbons (Fsp3) is 0.750. The molecule has 0 spiro atoms. The lowest BCUT2D eigenvalue weighted by Crippen LogP contribution is -2.41. The summed E-state index contributed by atoms with van der Waals surface area (Å²) in [7, 11) is 0. The number of furan rings is 1. The van der Waals surface area contributed by atoms with E-state index in [1.54, 1.807) is 0 Å². The molecule has 1 fully saturated rings. The lowest BCUT2D eigenvalue weighted by Gasteiger charge is -2.37. The molecule has 1 saturated heterocycles. The summed E-state index contributed by atoms with van der Waals surface area (Å²) >= 11 is 0. The molecule has 19 heavy (non-hydrogen) atoms. The van der Waals surface area contributed by atoms with Crippen molar-refractivity contribution in [3.63, 3.8) is 0 Å². The average Bonchev–Trinajstić information content (AvgIpc) is 2.80. The highest BCUT2D eigenvalue weighted by molar-refractivity contribution is 5.17. The number of hydrogen-bond donors (Lipinski definition) is 1. The van der Waals surface area contributed by atoms with Gasteiger partial charge in [0.2, 0.25) is 0 Å². The first kappa shape index (κ1) is 14.6. The van der Waals surface area contributed by atoms with Crippen molar-refractivity contribution in [1.82, 2.24) is 10.2 Å². The summed E-state index contributed by atoms with van der Waals surface area (Å²) < 4.78 is 5.63. The molecule has 1 aromatic rings. The van der Waals surface area contributed by atoms with Crippen LogP contribution in [-0.4, -0.2) is 23.5 Å². The van der Waals surface area contributed by atoms with E-state index < -0.39 is 0 Å². The van der Waals surface area contributed by atoms with Crippen molar-refractivity contribution < 1.29 is 4.42 Å². The molecule has 0 aromatic carbocycles. The van der Waals surface area contributed by atoms with Gasteiger partial charge in [0.25, 0.3) is 0 Å². The molecule has 0 radical (unpaired) electrons. The van der Waals surface area contributed by atoms with Gasteiger partial charge in [-0.15, -0.1) is 0 Å². The Balaban J connectivity index is 1.96. The smallest absolute Gasteiger partial charge is 0.122 e. The van der Waals surface area contributed by atoms with E-state index >= 15 is 0 Å². The maximum Gasteiger partial charge on any atom is 0.122 e. The van der Waals surface area contributed by atoms with E-state index in [-0.39, 0.29) is 0 Å². The van der Waals surface area contributed by atoms with Crippen molar-refractivity contribution in [1.29, 1.82) is 0 Å². The van der Waals surface area contributed by atoms with Gasteiger partial charge in [-0.3, -0.25) is 4.90 Å². The van der Waals surface area contributed by atoms with Crippen molar-refractivity contribution in [3.8, 4) is 0 Å². The average molecular weight is 264 g/mol. The second-order valence-corrected chi connectivity index (χ2v) is 6.24. The molecule has 1 N–H and O–H groups in total. The molecule has 0 bridgehead atoms. The third kappa shape index (κ3) is 3.83. The predicted octanol–water partition coefficient (Wildman–Crippen LogP) is 3.40. The Bertz CT molecular complexity index is 386. The van der Waals surface area contributed by atoms with Crippen molar-refractivity contribution in [2.24, 2.45) is 5.92 Å². The van der Waals surface area contributed by atoms with Gasteiger partial charge in [0, 0.05) is 24.2 Å². The lowest BCUT2D eigenvalue weighted by atomic mass is 9.92. The highest BCUT2D eigenvalue weighted by Gasteiger charge is 2.25. The quantitative estimate of drug-likeness (QED) is 0.883. The highest BCUT2D eigenvalue weighted by atomic mass is 16.3. The van der Waals surface area contributed by atoms with E-state index in [0.717, 1.165) is 24.8 Å². The maximum atomic E-state index is 5.63. The van der Waals surface area contributed by atoms with Crippen molar-refractivity contribution in [3.05, 3.63) is 23.7 Å². The van der Waals surface area contributed by atoms with Crippen LogP contribution in [0.5, 0.6) is 0 Å². The second kappa shape index (κ2) is 6.58. The van der Waals surface area contributed by atoms with E-state index in [1.807, 2.05) is 6.26 Å². The zero-order chi connectivity index (χ0) is 13.8. The minimum Gasteiger partial charge on any atom is -0.468 e. The number of piperidine rings is 1. The van der Waals surface area contributed by atoms with Gasteiger partial charge in [0.1, 0.15) is 5.76 Å². The Morgan fingerprint density at radius 3 is 2.95 bits per heavy atom. The van der Waals surface area contributed by atoms with Gasteiger partial charge in [0.15, 0.2) is 0 Å². The third-order valence-electron chi connectivity index (χ3n) is 4.39. The molecule has 1 aliphatic heterocycles. The van der Waals surface area contributed by atoms with Crippen LogP contribution >= 0.6 is 0 Å². The summed E-state index contributed by atoms with van der Waals surface area (Å²) in [5.41, 5.74) is 1.34. The monoisotopic (exact) mass is 264 g/mol. The van der Waals surface area contributed by atoms with Gasteiger partial charge in [-0.05, 0) is 38.3 Å². The number of rotatable bonds is 5. The van der Waals surface area contributed by atoms with Gasteiger partial charge in [-0.2, -0.15) is 0 Å². The van der Waals surface area contributed by atoms with E-state index in [2.05, 4.69) is 44.0 Å². The Morgan fingerprint density at radius 1 is 1.42 bits per heavy atom. The first-order chi connectivity index (χ1) is 9.08. The van der Waals surface area contributed by atoms with E-state index in [1.165, 1.54) is 24.9 Å². The Hall–Kier alpha value is -0.800. The molecule has 2 heterocycles. The largest absolute Gasteiger partial charge is 0.468 e. The van der Waals surface area contributed by atoms with Crippen LogP contribution in [-0.2, 0) is 13.1 Å². The van der Waals surface area contributed by atoms with E-state index in [9.17, 15) is 0 Å². The van der Waals surface area contributed by atoms with Crippen LogP contribution in [0.1, 0.15) is 51.9 Å². The zero-order valence-electron chi connectivity index (χ0n) is 12.8.